The SMILES string of the molecule is CN(C(=O)N1[C@@H]2CC[C@@H](C2)[C@H]1CC(=O)O)c1ccc(F)cc1. The Labute approximate surface area is 128 Å². The van der Waals surface area contributed by atoms with E-state index in [0.717, 1.165) is 19.3 Å². The largest absolute Gasteiger partial charge is 0.481 e. The molecular weight excluding hydrogens is 287 g/mol. The maximum absolute atomic E-state index is 13.0. The van der Waals surface area contributed by atoms with E-state index < -0.39 is 5.97 Å². The average molecular weight is 306 g/mol. The number of anilines is 1. The van der Waals surface area contributed by atoms with Gasteiger partial charge in [0.05, 0.1) is 6.42 Å². The van der Waals surface area contributed by atoms with Crippen LogP contribution in [-0.4, -0.2) is 41.1 Å². The van der Waals surface area contributed by atoms with Gasteiger partial charge < -0.3 is 10.0 Å². The van der Waals surface area contributed by atoms with Gasteiger partial charge >= 0.3 is 12.0 Å². The monoisotopic (exact) mass is 306 g/mol. The summed E-state index contributed by atoms with van der Waals surface area (Å²) in [5.74, 6) is -0.944. The van der Waals surface area contributed by atoms with Crippen LogP contribution < -0.4 is 4.90 Å². The molecule has 1 heterocycles. The molecule has 2 amide bonds. The van der Waals surface area contributed by atoms with Gasteiger partial charge in [0.15, 0.2) is 0 Å². The van der Waals surface area contributed by atoms with E-state index in [0.29, 0.717) is 5.69 Å². The fourth-order valence-corrected chi connectivity index (χ4v) is 3.78. The van der Waals surface area contributed by atoms with E-state index in [1.165, 1.54) is 17.0 Å². The number of urea groups is 1. The third-order valence-corrected chi connectivity index (χ3v) is 4.85. The number of piperidine rings is 1. The fourth-order valence-electron chi connectivity index (χ4n) is 3.78. The predicted octanol–water partition coefficient (Wildman–Crippen LogP) is 2.71. The van der Waals surface area contributed by atoms with Crippen molar-refractivity contribution in [3.63, 3.8) is 0 Å². The summed E-state index contributed by atoms with van der Waals surface area (Å²) in [6.45, 7) is 0. The average Bonchev–Trinajstić information content (AvgIpc) is 3.07. The summed E-state index contributed by atoms with van der Waals surface area (Å²) < 4.78 is 13.0. The van der Waals surface area contributed by atoms with E-state index in [1.807, 2.05) is 0 Å². The lowest BCUT2D eigenvalue weighted by molar-refractivity contribution is -0.138. The molecule has 2 fully saturated rings. The summed E-state index contributed by atoms with van der Waals surface area (Å²) in [4.78, 5) is 27.1. The zero-order valence-electron chi connectivity index (χ0n) is 12.4. The van der Waals surface area contributed by atoms with Gasteiger partial charge in [0, 0.05) is 24.8 Å². The first kappa shape index (κ1) is 14.8. The van der Waals surface area contributed by atoms with Crippen molar-refractivity contribution < 1.29 is 19.1 Å². The van der Waals surface area contributed by atoms with E-state index in [1.54, 1.807) is 24.1 Å². The molecular formula is C16H19FN2O3. The molecule has 3 atom stereocenters. The molecule has 1 N–H and O–H groups in total. The molecule has 0 aromatic heterocycles. The molecule has 2 bridgehead atoms. The first-order valence-corrected chi connectivity index (χ1v) is 7.50. The Morgan fingerprint density at radius 1 is 1.32 bits per heavy atom. The number of carbonyl (C=O) groups excluding carboxylic acids is 1. The van der Waals surface area contributed by atoms with E-state index in [-0.39, 0.29) is 36.3 Å². The molecule has 22 heavy (non-hydrogen) atoms. The Hall–Kier alpha value is -2.11. The highest BCUT2D eigenvalue weighted by molar-refractivity contribution is 5.92. The molecule has 5 nitrogen and oxygen atoms in total. The zero-order valence-corrected chi connectivity index (χ0v) is 12.4. The second-order valence-corrected chi connectivity index (χ2v) is 6.12. The van der Waals surface area contributed by atoms with Crippen LogP contribution in [0.15, 0.2) is 24.3 Å². The third-order valence-electron chi connectivity index (χ3n) is 4.85. The van der Waals surface area contributed by atoms with Gasteiger partial charge in [0.1, 0.15) is 5.82 Å². The molecule has 1 aliphatic carbocycles. The van der Waals surface area contributed by atoms with Crippen molar-refractivity contribution in [2.45, 2.75) is 37.8 Å². The number of amides is 2. The first-order valence-electron chi connectivity index (χ1n) is 7.50. The van der Waals surface area contributed by atoms with Gasteiger partial charge in [-0.3, -0.25) is 9.69 Å². The molecule has 1 saturated carbocycles. The van der Waals surface area contributed by atoms with Gasteiger partial charge in [-0.15, -0.1) is 0 Å². The Morgan fingerprint density at radius 3 is 2.64 bits per heavy atom. The zero-order chi connectivity index (χ0) is 15.9. The van der Waals surface area contributed by atoms with Crippen molar-refractivity contribution in [3.8, 4) is 0 Å². The van der Waals surface area contributed by atoms with Crippen molar-refractivity contribution in [1.82, 2.24) is 4.90 Å². The predicted molar refractivity (Wildman–Crippen MR) is 79.2 cm³/mol. The number of aliphatic carboxylic acids is 1. The first-order chi connectivity index (χ1) is 10.5. The lowest BCUT2D eigenvalue weighted by Gasteiger charge is -2.37. The number of fused-ring (bicyclic) bond motifs is 2. The number of carboxylic acids is 1. The van der Waals surface area contributed by atoms with Crippen LogP contribution in [0.25, 0.3) is 0 Å². The molecule has 2 aliphatic rings. The summed E-state index contributed by atoms with van der Waals surface area (Å²) in [6, 6.07) is 5.41. The van der Waals surface area contributed by atoms with Gasteiger partial charge in [0.2, 0.25) is 0 Å². The van der Waals surface area contributed by atoms with E-state index in [4.69, 9.17) is 5.11 Å². The highest BCUT2D eigenvalue weighted by Crippen LogP contribution is 2.44. The van der Waals surface area contributed by atoms with Gasteiger partial charge in [-0.1, -0.05) is 0 Å². The summed E-state index contributed by atoms with van der Waals surface area (Å²) in [5.41, 5.74) is 0.600. The van der Waals surface area contributed by atoms with Crippen LogP contribution in [0, 0.1) is 11.7 Å². The molecule has 0 radical (unpaired) electrons. The highest BCUT2D eigenvalue weighted by Gasteiger charge is 2.49. The number of likely N-dealkylation sites (tertiary alicyclic amines) is 1. The van der Waals surface area contributed by atoms with Crippen molar-refractivity contribution in [3.05, 3.63) is 30.1 Å². The van der Waals surface area contributed by atoms with E-state index in [9.17, 15) is 14.0 Å². The van der Waals surface area contributed by atoms with Gasteiger partial charge in [-0.25, -0.2) is 9.18 Å². The van der Waals surface area contributed by atoms with Crippen molar-refractivity contribution in [2.24, 2.45) is 5.92 Å². The molecule has 0 spiro atoms. The minimum atomic E-state index is -0.875. The Kier molecular flexibility index (Phi) is 3.76. The number of hydrogen-bond acceptors (Lipinski definition) is 2. The summed E-state index contributed by atoms with van der Waals surface area (Å²) >= 11 is 0. The number of nitrogens with zero attached hydrogens (tertiary/aromatic N) is 2. The van der Waals surface area contributed by atoms with Gasteiger partial charge in [-0.2, -0.15) is 0 Å². The van der Waals surface area contributed by atoms with Crippen LogP contribution >= 0.6 is 0 Å². The van der Waals surface area contributed by atoms with Crippen molar-refractivity contribution >= 4 is 17.7 Å². The minimum absolute atomic E-state index is 0.00976. The smallest absolute Gasteiger partial charge is 0.324 e. The molecule has 1 aromatic carbocycles. The summed E-state index contributed by atoms with van der Waals surface area (Å²) in [6.07, 6.45) is 2.81. The quantitative estimate of drug-likeness (QED) is 0.934. The number of hydrogen-bond donors (Lipinski definition) is 1. The minimum Gasteiger partial charge on any atom is -0.481 e. The van der Waals surface area contributed by atoms with E-state index >= 15 is 0 Å². The summed E-state index contributed by atoms with van der Waals surface area (Å²) in [5, 5.41) is 9.09. The molecule has 1 aromatic rings. The second-order valence-electron chi connectivity index (χ2n) is 6.12. The number of rotatable bonds is 3. The summed E-state index contributed by atoms with van der Waals surface area (Å²) in [7, 11) is 1.64. The highest BCUT2D eigenvalue weighted by atomic mass is 19.1. The molecule has 3 rings (SSSR count). The van der Waals surface area contributed by atoms with Crippen LogP contribution in [0.2, 0.25) is 0 Å². The number of carbonyl (C=O) groups is 2. The fraction of sp³-hybridized carbons (Fsp3) is 0.500. The third kappa shape index (κ3) is 2.53. The van der Waals surface area contributed by atoms with Gasteiger partial charge in [0.25, 0.3) is 0 Å². The Morgan fingerprint density at radius 2 is 2.00 bits per heavy atom. The second kappa shape index (κ2) is 5.59. The van der Waals surface area contributed by atoms with Gasteiger partial charge in [-0.05, 0) is 49.4 Å². The van der Waals surface area contributed by atoms with Crippen LogP contribution in [0.5, 0.6) is 0 Å². The lowest BCUT2D eigenvalue weighted by Crippen LogP contribution is -2.51. The van der Waals surface area contributed by atoms with Crippen LogP contribution in [0.1, 0.15) is 25.7 Å². The Balaban J connectivity index is 1.80. The normalized spacial score (nSPS) is 26.3. The Bertz CT molecular complexity index is 590. The molecule has 1 aliphatic heterocycles. The topological polar surface area (TPSA) is 60.9 Å². The molecule has 118 valence electrons. The number of carboxylic acid groups (broad SMARTS) is 1. The van der Waals surface area contributed by atoms with E-state index in [2.05, 4.69) is 0 Å². The molecule has 6 heteroatoms. The van der Waals surface area contributed by atoms with Crippen molar-refractivity contribution in [2.75, 3.05) is 11.9 Å². The standard InChI is InChI=1S/C16H19FN2O3/c1-18(12-6-3-11(17)4-7-12)16(22)19-13-5-2-10(8-13)14(19)9-15(20)21/h3-4,6-7,10,13-14H,2,5,8-9H2,1H3,(H,20,21)/t10-,13+,14+/m0/s1. The maximum Gasteiger partial charge on any atom is 0.324 e. The number of halogens is 1. The number of benzene rings is 1. The molecule has 0 unspecified atom stereocenters. The molecule has 1 saturated heterocycles. The van der Waals surface area contributed by atoms with Crippen molar-refractivity contribution in [1.29, 1.82) is 0 Å². The van der Waals surface area contributed by atoms with Crippen LogP contribution in [-0.2, 0) is 4.79 Å². The maximum atomic E-state index is 13.0. The van der Waals surface area contributed by atoms with Crippen LogP contribution in [0.4, 0.5) is 14.9 Å². The lowest BCUT2D eigenvalue weighted by atomic mass is 9.96. The van der Waals surface area contributed by atoms with Crippen LogP contribution in [0.3, 0.4) is 0 Å².